The Balaban J connectivity index is 1.51. The van der Waals surface area contributed by atoms with Crippen LogP contribution >= 0.6 is 11.3 Å². The van der Waals surface area contributed by atoms with Crippen LogP contribution in [-0.2, 0) is 11.2 Å². The van der Waals surface area contributed by atoms with Crippen LogP contribution in [0, 0.1) is 0 Å². The van der Waals surface area contributed by atoms with Gasteiger partial charge in [0, 0.05) is 36.3 Å². The zero-order chi connectivity index (χ0) is 14.5. The number of nitrogens with zero attached hydrogens (tertiary/aromatic N) is 1. The molecule has 2 aromatic rings. The van der Waals surface area contributed by atoms with E-state index in [1.165, 1.54) is 11.3 Å². The van der Waals surface area contributed by atoms with Gasteiger partial charge in [-0.2, -0.15) is 0 Å². The number of amides is 1. The lowest BCUT2D eigenvalue weighted by Gasteiger charge is -2.05. The predicted octanol–water partition coefficient (Wildman–Crippen LogP) is 2.97. The minimum absolute atomic E-state index is 0.0137. The molecule has 0 unspecified atom stereocenters. The van der Waals surface area contributed by atoms with E-state index in [9.17, 15) is 4.79 Å². The number of carbonyl (C=O) groups is 1. The summed E-state index contributed by atoms with van der Waals surface area (Å²) in [5.41, 5.74) is 0.990. The number of rotatable bonds is 5. The third-order valence-electron chi connectivity index (χ3n) is 3.49. The first kappa shape index (κ1) is 14.2. The fourth-order valence-corrected chi connectivity index (χ4v) is 3.40. The van der Waals surface area contributed by atoms with E-state index in [2.05, 4.69) is 10.3 Å². The SMILES string of the molecule is O=C(NCCc1ccccn1)c1ccc([C@H]2CCCO2)s1. The van der Waals surface area contributed by atoms with Crippen LogP contribution in [0.1, 0.15) is 39.2 Å². The minimum atomic E-state index is -0.0137. The van der Waals surface area contributed by atoms with E-state index in [0.717, 1.165) is 41.3 Å². The van der Waals surface area contributed by atoms with Crippen molar-refractivity contribution in [1.29, 1.82) is 0 Å². The number of hydrogen-bond donors (Lipinski definition) is 1. The Kier molecular flexibility index (Phi) is 4.62. The number of hydrogen-bond acceptors (Lipinski definition) is 4. The largest absolute Gasteiger partial charge is 0.373 e. The lowest BCUT2D eigenvalue weighted by molar-refractivity contribution is 0.0958. The molecule has 4 nitrogen and oxygen atoms in total. The van der Waals surface area contributed by atoms with Crippen LogP contribution in [0.15, 0.2) is 36.5 Å². The van der Waals surface area contributed by atoms with Crippen LogP contribution < -0.4 is 5.32 Å². The number of thiophene rings is 1. The van der Waals surface area contributed by atoms with Gasteiger partial charge < -0.3 is 10.1 Å². The maximum absolute atomic E-state index is 12.1. The van der Waals surface area contributed by atoms with Gasteiger partial charge in [-0.25, -0.2) is 0 Å². The van der Waals surface area contributed by atoms with Crippen LogP contribution in [-0.4, -0.2) is 24.0 Å². The Bertz CT molecular complexity index is 591. The molecular weight excluding hydrogens is 284 g/mol. The highest BCUT2D eigenvalue weighted by molar-refractivity contribution is 7.14. The molecule has 0 bridgehead atoms. The lowest BCUT2D eigenvalue weighted by atomic mass is 10.2. The van der Waals surface area contributed by atoms with Crippen molar-refractivity contribution in [3.8, 4) is 0 Å². The fraction of sp³-hybridized carbons (Fsp3) is 0.375. The quantitative estimate of drug-likeness (QED) is 0.924. The molecule has 110 valence electrons. The van der Waals surface area contributed by atoms with Crippen LogP contribution in [0.4, 0.5) is 0 Å². The molecule has 1 atom stereocenters. The van der Waals surface area contributed by atoms with Gasteiger partial charge in [-0.15, -0.1) is 11.3 Å². The first-order chi connectivity index (χ1) is 10.3. The Morgan fingerprint density at radius 3 is 3.10 bits per heavy atom. The highest BCUT2D eigenvalue weighted by Crippen LogP contribution is 2.33. The van der Waals surface area contributed by atoms with Gasteiger partial charge in [0.25, 0.3) is 5.91 Å². The van der Waals surface area contributed by atoms with Crippen LogP contribution in [0.2, 0.25) is 0 Å². The van der Waals surface area contributed by atoms with Gasteiger partial charge in [-0.05, 0) is 37.1 Å². The van der Waals surface area contributed by atoms with Gasteiger partial charge in [-0.3, -0.25) is 9.78 Å². The first-order valence-electron chi connectivity index (χ1n) is 7.22. The molecule has 21 heavy (non-hydrogen) atoms. The topological polar surface area (TPSA) is 51.2 Å². The third kappa shape index (κ3) is 3.68. The summed E-state index contributed by atoms with van der Waals surface area (Å²) in [5, 5.41) is 2.94. The highest BCUT2D eigenvalue weighted by atomic mass is 32.1. The minimum Gasteiger partial charge on any atom is -0.373 e. The first-order valence-corrected chi connectivity index (χ1v) is 8.04. The van der Waals surface area contributed by atoms with Crippen molar-refractivity contribution in [2.75, 3.05) is 13.2 Å². The van der Waals surface area contributed by atoms with Gasteiger partial charge in [0.1, 0.15) is 0 Å². The summed E-state index contributed by atoms with van der Waals surface area (Å²) in [6.07, 6.45) is 4.86. The summed E-state index contributed by atoms with van der Waals surface area (Å²) in [7, 11) is 0. The standard InChI is InChI=1S/C16H18N2O2S/c19-16(18-10-8-12-4-1-2-9-17-12)15-7-6-14(21-15)13-5-3-11-20-13/h1-2,4,6-7,9,13H,3,5,8,10-11H2,(H,18,19)/t13-/m1/s1. The summed E-state index contributed by atoms with van der Waals surface area (Å²) >= 11 is 1.53. The molecular formula is C16H18N2O2S. The van der Waals surface area contributed by atoms with Gasteiger partial charge in [-0.1, -0.05) is 6.07 Å². The van der Waals surface area contributed by atoms with E-state index in [1.54, 1.807) is 6.20 Å². The Labute approximate surface area is 128 Å². The second kappa shape index (κ2) is 6.83. The van der Waals surface area contributed by atoms with E-state index in [4.69, 9.17) is 4.74 Å². The average Bonchev–Trinajstić information content (AvgIpc) is 3.19. The molecule has 1 fully saturated rings. The number of pyridine rings is 1. The second-order valence-electron chi connectivity index (χ2n) is 5.03. The van der Waals surface area contributed by atoms with Crippen molar-refractivity contribution >= 4 is 17.2 Å². The van der Waals surface area contributed by atoms with Crippen LogP contribution in [0.5, 0.6) is 0 Å². The monoisotopic (exact) mass is 302 g/mol. The Hall–Kier alpha value is -1.72. The fourth-order valence-electron chi connectivity index (χ4n) is 2.39. The third-order valence-corrected chi connectivity index (χ3v) is 4.67. The van der Waals surface area contributed by atoms with Gasteiger partial charge >= 0.3 is 0 Å². The summed E-state index contributed by atoms with van der Waals surface area (Å²) in [5.74, 6) is -0.0137. The number of ether oxygens (including phenoxy) is 1. The van der Waals surface area contributed by atoms with Crippen molar-refractivity contribution in [3.63, 3.8) is 0 Å². The molecule has 1 N–H and O–H groups in total. The number of carbonyl (C=O) groups excluding carboxylic acids is 1. The molecule has 0 radical (unpaired) electrons. The summed E-state index contributed by atoms with van der Waals surface area (Å²) in [6.45, 7) is 1.43. The van der Waals surface area contributed by atoms with Crippen molar-refractivity contribution in [3.05, 3.63) is 52.0 Å². The zero-order valence-electron chi connectivity index (χ0n) is 11.7. The smallest absolute Gasteiger partial charge is 0.261 e. The van der Waals surface area contributed by atoms with E-state index in [1.807, 2.05) is 30.3 Å². The predicted molar refractivity (Wildman–Crippen MR) is 82.5 cm³/mol. The molecule has 3 rings (SSSR count). The van der Waals surface area contributed by atoms with Crippen molar-refractivity contribution in [2.45, 2.75) is 25.4 Å². The van der Waals surface area contributed by atoms with Crippen molar-refractivity contribution in [2.24, 2.45) is 0 Å². The van der Waals surface area contributed by atoms with Gasteiger partial charge in [0.05, 0.1) is 11.0 Å². The molecule has 5 heteroatoms. The normalized spacial score (nSPS) is 17.8. The molecule has 1 amide bonds. The zero-order valence-corrected chi connectivity index (χ0v) is 12.6. The number of aromatic nitrogens is 1. The van der Waals surface area contributed by atoms with Gasteiger partial charge in [0.15, 0.2) is 0 Å². The maximum Gasteiger partial charge on any atom is 0.261 e. The summed E-state index contributed by atoms with van der Waals surface area (Å²) in [6, 6.07) is 9.70. The van der Waals surface area contributed by atoms with Crippen LogP contribution in [0.25, 0.3) is 0 Å². The van der Waals surface area contributed by atoms with Crippen molar-refractivity contribution < 1.29 is 9.53 Å². The van der Waals surface area contributed by atoms with E-state index >= 15 is 0 Å². The van der Waals surface area contributed by atoms with Crippen molar-refractivity contribution in [1.82, 2.24) is 10.3 Å². The van der Waals surface area contributed by atoms with E-state index in [0.29, 0.717) is 6.54 Å². The molecule has 0 saturated carbocycles. The molecule has 0 spiro atoms. The molecule has 1 aliphatic rings. The average molecular weight is 302 g/mol. The molecule has 1 aliphatic heterocycles. The maximum atomic E-state index is 12.1. The molecule has 2 aromatic heterocycles. The lowest BCUT2D eigenvalue weighted by Crippen LogP contribution is -2.25. The molecule has 0 aromatic carbocycles. The molecule has 1 saturated heterocycles. The van der Waals surface area contributed by atoms with E-state index < -0.39 is 0 Å². The highest BCUT2D eigenvalue weighted by Gasteiger charge is 2.20. The second-order valence-corrected chi connectivity index (χ2v) is 6.15. The summed E-state index contributed by atoms with van der Waals surface area (Å²) < 4.78 is 5.64. The summed E-state index contributed by atoms with van der Waals surface area (Å²) in [4.78, 5) is 18.2. The number of nitrogens with one attached hydrogen (secondary N) is 1. The van der Waals surface area contributed by atoms with Crippen LogP contribution in [0.3, 0.4) is 0 Å². The van der Waals surface area contributed by atoms with Gasteiger partial charge in [0.2, 0.25) is 0 Å². The Morgan fingerprint density at radius 2 is 2.33 bits per heavy atom. The Morgan fingerprint density at radius 1 is 1.38 bits per heavy atom. The molecule has 0 aliphatic carbocycles. The molecule has 3 heterocycles. The van der Waals surface area contributed by atoms with E-state index in [-0.39, 0.29) is 12.0 Å².